The van der Waals surface area contributed by atoms with Gasteiger partial charge in [-0.05, 0) is 46.8 Å². The summed E-state index contributed by atoms with van der Waals surface area (Å²) in [6, 6.07) is 11.4. The third-order valence-electron chi connectivity index (χ3n) is 4.15. The fourth-order valence-electron chi connectivity index (χ4n) is 2.58. The molecule has 3 rings (SSSR count). The van der Waals surface area contributed by atoms with Crippen LogP contribution >= 0.6 is 23.4 Å². The summed E-state index contributed by atoms with van der Waals surface area (Å²) in [7, 11) is 1.38. The van der Waals surface area contributed by atoms with Crippen LogP contribution in [0.4, 0.5) is 18.9 Å². The minimum Gasteiger partial charge on any atom is -0.336 e. The van der Waals surface area contributed by atoms with Crippen LogP contribution in [0.3, 0.4) is 0 Å². The number of likely N-dealkylation sites (N-methyl/N-ethyl adjacent to an activating group) is 1. The lowest BCUT2D eigenvalue weighted by Gasteiger charge is -2.18. The lowest BCUT2D eigenvalue weighted by molar-refractivity contribution is -0.137. The predicted octanol–water partition coefficient (Wildman–Crippen LogP) is 3.52. The van der Waals surface area contributed by atoms with Gasteiger partial charge in [0, 0.05) is 12.1 Å². The molecule has 0 bridgehead atoms. The summed E-state index contributed by atoms with van der Waals surface area (Å²) in [6.07, 6.45) is -4.61. The fraction of sp³-hybridized carbons (Fsp3) is 0.211. The number of alkyl halides is 3. The number of nitrogens with one attached hydrogen (secondary N) is 1. The molecule has 1 N–H and O–H groups in total. The maximum atomic E-state index is 13.1. The van der Waals surface area contributed by atoms with Gasteiger partial charge in [-0.3, -0.25) is 9.59 Å². The Balaban J connectivity index is 1.57. The predicted molar refractivity (Wildman–Crippen MR) is 113 cm³/mol. The van der Waals surface area contributed by atoms with Crippen molar-refractivity contribution in [1.29, 1.82) is 0 Å². The SMILES string of the molecule is CN(CC(=O)Nc1ccccc1C(F)(F)F)C(=O)CSc1nnnn1-c1ccc(Cl)cc1. The number of benzene rings is 2. The van der Waals surface area contributed by atoms with Gasteiger partial charge in [0.25, 0.3) is 0 Å². The molecule has 0 saturated carbocycles. The Morgan fingerprint density at radius 2 is 1.84 bits per heavy atom. The maximum absolute atomic E-state index is 13.1. The number of carbonyl (C=O) groups excluding carboxylic acids is 2. The molecule has 0 fully saturated rings. The van der Waals surface area contributed by atoms with E-state index in [1.54, 1.807) is 24.3 Å². The second-order valence-corrected chi connectivity index (χ2v) is 7.86. The quantitative estimate of drug-likeness (QED) is 0.516. The summed E-state index contributed by atoms with van der Waals surface area (Å²) in [5.74, 6) is -1.27. The number of hydrogen-bond acceptors (Lipinski definition) is 6. The molecule has 0 aliphatic rings. The summed E-state index contributed by atoms with van der Waals surface area (Å²) < 4.78 is 40.6. The average Bonchev–Trinajstić information content (AvgIpc) is 3.20. The van der Waals surface area contributed by atoms with Crippen LogP contribution in [0.2, 0.25) is 5.02 Å². The molecule has 0 spiro atoms. The van der Waals surface area contributed by atoms with Gasteiger partial charge in [-0.15, -0.1) is 5.10 Å². The normalized spacial score (nSPS) is 11.3. The van der Waals surface area contributed by atoms with Gasteiger partial charge in [-0.1, -0.05) is 35.5 Å². The summed E-state index contributed by atoms with van der Waals surface area (Å²) in [6.45, 7) is -0.423. The number of para-hydroxylation sites is 1. The fourth-order valence-corrected chi connectivity index (χ4v) is 3.54. The van der Waals surface area contributed by atoms with Crippen molar-refractivity contribution in [1.82, 2.24) is 25.1 Å². The van der Waals surface area contributed by atoms with Gasteiger partial charge in [0.1, 0.15) is 0 Å². The molecule has 0 aliphatic carbocycles. The molecule has 1 aromatic heterocycles. The molecule has 8 nitrogen and oxygen atoms in total. The highest BCUT2D eigenvalue weighted by Gasteiger charge is 2.33. The van der Waals surface area contributed by atoms with Crippen molar-refractivity contribution >= 4 is 40.9 Å². The van der Waals surface area contributed by atoms with Crippen molar-refractivity contribution in [2.24, 2.45) is 0 Å². The molecule has 2 aromatic carbocycles. The van der Waals surface area contributed by atoms with Crippen molar-refractivity contribution in [3.8, 4) is 5.69 Å². The summed E-state index contributed by atoms with van der Waals surface area (Å²) in [4.78, 5) is 25.7. The van der Waals surface area contributed by atoms with E-state index >= 15 is 0 Å². The van der Waals surface area contributed by atoms with Gasteiger partial charge in [0.2, 0.25) is 17.0 Å². The first-order valence-electron chi connectivity index (χ1n) is 9.02. The number of nitrogens with zero attached hydrogens (tertiary/aromatic N) is 5. The van der Waals surface area contributed by atoms with Gasteiger partial charge in [0.15, 0.2) is 0 Å². The Morgan fingerprint density at radius 3 is 2.53 bits per heavy atom. The summed E-state index contributed by atoms with van der Waals surface area (Å²) >= 11 is 6.92. The summed E-state index contributed by atoms with van der Waals surface area (Å²) in [5, 5.41) is 14.4. The summed E-state index contributed by atoms with van der Waals surface area (Å²) in [5.41, 5.74) is -0.695. The molecule has 3 aromatic rings. The molecule has 13 heteroatoms. The monoisotopic (exact) mass is 484 g/mol. The lowest BCUT2D eigenvalue weighted by Crippen LogP contribution is -2.36. The number of aromatic nitrogens is 4. The minimum atomic E-state index is -4.61. The number of hydrogen-bond donors (Lipinski definition) is 1. The Labute approximate surface area is 189 Å². The molecule has 32 heavy (non-hydrogen) atoms. The minimum absolute atomic E-state index is 0.0864. The van der Waals surface area contributed by atoms with E-state index in [4.69, 9.17) is 11.6 Å². The first-order chi connectivity index (χ1) is 15.1. The van der Waals surface area contributed by atoms with Crippen LogP contribution in [0.15, 0.2) is 53.7 Å². The van der Waals surface area contributed by atoms with Crippen LogP contribution in [-0.2, 0) is 15.8 Å². The number of rotatable bonds is 7. The van der Waals surface area contributed by atoms with E-state index in [1.165, 1.54) is 23.9 Å². The standard InChI is InChI=1S/C19H16ClF3N6O2S/c1-28(10-16(30)24-15-5-3-2-4-14(15)19(21,22)23)17(31)11-32-18-25-26-27-29(18)13-8-6-12(20)7-9-13/h2-9H,10-11H2,1H3,(H,24,30). The zero-order valence-corrected chi connectivity index (χ0v) is 18.1. The van der Waals surface area contributed by atoms with Gasteiger partial charge in [0.05, 0.1) is 29.2 Å². The highest BCUT2D eigenvalue weighted by molar-refractivity contribution is 7.99. The van der Waals surface area contributed by atoms with E-state index in [1.807, 2.05) is 0 Å². The van der Waals surface area contributed by atoms with E-state index in [9.17, 15) is 22.8 Å². The molecule has 0 unspecified atom stereocenters. The maximum Gasteiger partial charge on any atom is 0.418 e. The molecule has 168 valence electrons. The second-order valence-electron chi connectivity index (χ2n) is 6.48. The van der Waals surface area contributed by atoms with E-state index in [-0.39, 0.29) is 11.4 Å². The Hall–Kier alpha value is -3.12. The van der Waals surface area contributed by atoms with Crippen molar-refractivity contribution < 1.29 is 22.8 Å². The van der Waals surface area contributed by atoms with Gasteiger partial charge < -0.3 is 10.2 Å². The Morgan fingerprint density at radius 1 is 1.16 bits per heavy atom. The molecular formula is C19H16ClF3N6O2S. The zero-order chi connectivity index (χ0) is 23.3. The third-order valence-corrected chi connectivity index (χ3v) is 5.31. The molecule has 0 aliphatic heterocycles. The van der Waals surface area contributed by atoms with Crippen molar-refractivity contribution in [3.63, 3.8) is 0 Å². The largest absolute Gasteiger partial charge is 0.418 e. The van der Waals surface area contributed by atoms with Crippen LogP contribution in [0.5, 0.6) is 0 Å². The van der Waals surface area contributed by atoms with Crippen LogP contribution in [0.25, 0.3) is 5.69 Å². The topological polar surface area (TPSA) is 93.0 Å². The van der Waals surface area contributed by atoms with E-state index in [2.05, 4.69) is 20.8 Å². The molecule has 2 amide bonds. The van der Waals surface area contributed by atoms with Crippen LogP contribution in [0, 0.1) is 0 Å². The van der Waals surface area contributed by atoms with E-state index in [0.29, 0.717) is 15.9 Å². The first-order valence-corrected chi connectivity index (χ1v) is 10.4. The van der Waals surface area contributed by atoms with Gasteiger partial charge in [-0.25, -0.2) is 0 Å². The van der Waals surface area contributed by atoms with Crippen LogP contribution < -0.4 is 5.32 Å². The highest BCUT2D eigenvalue weighted by atomic mass is 35.5. The van der Waals surface area contributed by atoms with Crippen LogP contribution in [0.1, 0.15) is 5.56 Å². The molecule has 0 saturated heterocycles. The number of carbonyl (C=O) groups is 2. The highest BCUT2D eigenvalue weighted by Crippen LogP contribution is 2.34. The van der Waals surface area contributed by atoms with Crippen molar-refractivity contribution in [2.75, 3.05) is 24.7 Å². The lowest BCUT2D eigenvalue weighted by atomic mass is 10.1. The number of thioether (sulfide) groups is 1. The number of anilines is 1. The van der Waals surface area contributed by atoms with Crippen LogP contribution in [-0.4, -0.2) is 56.3 Å². The zero-order valence-electron chi connectivity index (χ0n) is 16.5. The molecule has 0 radical (unpaired) electrons. The average molecular weight is 485 g/mol. The number of halogens is 4. The van der Waals surface area contributed by atoms with Crippen molar-refractivity contribution in [2.45, 2.75) is 11.3 Å². The smallest absolute Gasteiger partial charge is 0.336 e. The molecular weight excluding hydrogens is 469 g/mol. The Bertz CT molecular complexity index is 1110. The molecule has 1 heterocycles. The Kier molecular flexibility index (Phi) is 7.36. The number of tetrazole rings is 1. The van der Waals surface area contributed by atoms with E-state index < -0.39 is 30.1 Å². The second kappa shape index (κ2) is 10.0. The first kappa shape index (κ1) is 23.5. The number of amides is 2. The van der Waals surface area contributed by atoms with E-state index in [0.717, 1.165) is 28.8 Å². The molecule has 0 atom stereocenters. The van der Waals surface area contributed by atoms with Gasteiger partial charge >= 0.3 is 6.18 Å². The van der Waals surface area contributed by atoms with Crippen molar-refractivity contribution in [3.05, 3.63) is 59.1 Å². The third kappa shape index (κ3) is 5.98. The van der Waals surface area contributed by atoms with Gasteiger partial charge in [-0.2, -0.15) is 17.9 Å².